The summed E-state index contributed by atoms with van der Waals surface area (Å²) in [4.78, 5) is 7.03. The Bertz CT molecular complexity index is 779. The summed E-state index contributed by atoms with van der Waals surface area (Å²) in [5, 5.41) is 1.14. The first-order chi connectivity index (χ1) is 10.1. The number of para-hydroxylation sites is 1. The van der Waals surface area contributed by atoms with E-state index in [4.69, 9.17) is 5.73 Å². The van der Waals surface area contributed by atoms with Crippen LogP contribution in [0.3, 0.4) is 0 Å². The van der Waals surface area contributed by atoms with Gasteiger partial charge in [0.2, 0.25) is 0 Å². The van der Waals surface area contributed by atoms with E-state index in [2.05, 4.69) is 71.2 Å². The van der Waals surface area contributed by atoms with E-state index >= 15 is 0 Å². The molecule has 2 nitrogen and oxygen atoms in total. The van der Waals surface area contributed by atoms with E-state index in [0.29, 0.717) is 5.92 Å². The van der Waals surface area contributed by atoms with Crippen molar-refractivity contribution in [1.82, 2.24) is 4.98 Å². The second-order valence-corrected chi connectivity index (χ2v) is 7.53. The van der Waals surface area contributed by atoms with Crippen molar-refractivity contribution in [3.8, 4) is 10.4 Å². The molecule has 0 saturated heterocycles. The number of halogens is 1. The third kappa shape index (κ3) is 2.89. The Morgan fingerprint density at radius 2 is 2.00 bits per heavy atom. The lowest BCUT2D eigenvalue weighted by Crippen LogP contribution is -2.14. The average Bonchev–Trinajstić information content (AvgIpc) is 2.94. The number of hydrogen-bond donors (Lipinski definition) is 1. The number of rotatable bonds is 3. The van der Waals surface area contributed by atoms with Gasteiger partial charge in [0.25, 0.3) is 0 Å². The molecule has 2 heterocycles. The summed E-state index contributed by atoms with van der Waals surface area (Å²) in [6.07, 6.45) is 1.85. The molecule has 0 aliphatic carbocycles. The predicted octanol–water partition coefficient (Wildman–Crippen LogP) is 5.38. The van der Waals surface area contributed by atoms with E-state index in [-0.39, 0.29) is 6.04 Å². The number of fused-ring (bicyclic) bond motifs is 1. The predicted molar refractivity (Wildman–Crippen MR) is 94.5 cm³/mol. The zero-order valence-electron chi connectivity index (χ0n) is 12.0. The van der Waals surface area contributed by atoms with Crippen molar-refractivity contribution in [3.63, 3.8) is 0 Å². The molecule has 1 atom stereocenters. The number of thiophene rings is 1. The summed E-state index contributed by atoms with van der Waals surface area (Å²) in [7, 11) is 0. The summed E-state index contributed by atoms with van der Waals surface area (Å²) in [5.74, 6) is 0.443. The molecule has 0 amide bonds. The topological polar surface area (TPSA) is 38.9 Å². The highest BCUT2D eigenvalue weighted by atomic mass is 79.9. The molecule has 0 aliphatic heterocycles. The lowest BCUT2D eigenvalue weighted by molar-refractivity contribution is 0.521. The maximum absolute atomic E-state index is 6.25. The van der Waals surface area contributed by atoms with E-state index in [0.717, 1.165) is 15.4 Å². The van der Waals surface area contributed by atoms with Gasteiger partial charge < -0.3 is 5.73 Å². The fourth-order valence-electron chi connectivity index (χ4n) is 2.34. The minimum atomic E-state index is 0.0980. The molecule has 1 unspecified atom stereocenters. The number of hydrogen-bond acceptors (Lipinski definition) is 3. The molecule has 0 bridgehead atoms. The summed E-state index contributed by atoms with van der Waals surface area (Å²) in [6, 6.07) is 12.8. The van der Waals surface area contributed by atoms with Gasteiger partial charge in [0.15, 0.2) is 0 Å². The third-order valence-electron chi connectivity index (χ3n) is 3.62. The Morgan fingerprint density at radius 1 is 1.19 bits per heavy atom. The highest BCUT2D eigenvalue weighted by molar-refractivity contribution is 9.10. The van der Waals surface area contributed by atoms with Gasteiger partial charge >= 0.3 is 0 Å². The molecule has 3 aromatic rings. The third-order valence-corrected chi connectivity index (χ3v) is 5.27. The SMILES string of the molecule is CC(C)C(N)c1ccc(-c2cccc3cc(Br)cnc23)s1. The molecule has 1 aromatic carbocycles. The van der Waals surface area contributed by atoms with Crippen LogP contribution in [0.4, 0.5) is 0 Å². The van der Waals surface area contributed by atoms with Gasteiger partial charge in [-0.25, -0.2) is 0 Å². The first-order valence-electron chi connectivity index (χ1n) is 6.96. The molecule has 0 fully saturated rings. The smallest absolute Gasteiger partial charge is 0.0789 e. The summed E-state index contributed by atoms with van der Waals surface area (Å²) < 4.78 is 1.00. The van der Waals surface area contributed by atoms with Gasteiger partial charge in [0, 0.05) is 37.4 Å². The Kier molecular flexibility index (Phi) is 4.11. The van der Waals surface area contributed by atoms with Crippen molar-refractivity contribution < 1.29 is 0 Å². The van der Waals surface area contributed by atoms with E-state index < -0.39 is 0 Å². The van der Waals surface area contributed by atoms with Gasteiger partial charge in [0.1, 0.15) is 0 Å². The molecule has 21 heavy (non-hydrogen) atoms. The number of benzene rings is 1. The lowest BCUT2D eigenvalue weighted by atomic mass is 10.0. The standard InChI is InChI=1S/C17H17BrN2S/c1-10(2)16(19)15-7-6-14(21-15)13-5-3-4-11-8-12(18)9-20-17(11)13/h3-10,16H,19H2,1-2H3. The first kappa shape index (κ1) is 14.7. The minimum Gasteiger partial charge on any atom is -0.323 e. The van der Waals surface area contributed by atoms with Gasteiger partial charge in [0.05, 0.1) is 5.52 Å². The van der Waals surface area contributed by atoms with Crippen molar-refractivity contribution in [3.05, 3.63) is 51.9 Å². The number of aromatic nitrogens is 1. The Hall–Kier alpha value is -1.23. The molecular formula is C17H17BrN2S. The Labute approximate surface area is 137 Å². The maximum atomic E-state index is 6.25. The van der Waals surface area contributed by atoms with Crippen molar-refractivity contribution in [2.75, 3.05) is 0 Å². The molecular weight excluding hydrogens is 344 g/mol. The van der Waals surface area contributed by atoms with Crippen LogP contribution in [-0.2, 0) is 0 Å². The molecule has 0 aliphatic rings. The van der Waals surface area contributed by atoms with Gasteiger partial charge in [-0.3, -0.25) is 4.98 Å². The largest absolute Gasteiger partial charge is 0.323 e. The Morgan fingerprint density at radius 3 is 2.76 bits per heavy atom. The fourth-order valence-corrected chi connectivity index (χ4v) is 3.90. The average molecular weight is 361 g/mol. The van der Waals surface area contributed by atoms with Gasteiger partial charge in [-0.15, -0.1) is 11.3 Å². The van der Waals surface area contributed by atoms with Crippen molar-refractivity contribution >= 4 is 38.2 Å². The van der Waals surface area contributed by atoms with Crippen LogP contribution in [0, 0.1) is 5.92 Å². The van der Waals surface area contributed by atoms with E-state index in [1.54, 1.807) is 11.3 Å². The monoisotopic (exact) mass is 360 g/mol. The summed E-state index contributed by atoms with van der Waals surface area (Å²) >= 11 is 5.24. The molecule has 0 radical (unpaired) electrons. The van der Waals surface area contributed by atoms with E-state index in [1.807, 2.05) is 6.20 Å². The molecule has 3 rings (SSSR count). The minimum absolute atomic E-state index is 0.0980. The number of nitrogens with zero attached hydrogens (tertiary/aromatic N) is 1. The van der Waals surface area contributed by atoms with Gasteiger partial charge in [-0.05, 0) is 40.0 Å². The van der Waals surface area contributed by atoms with E-state index in [9.17, 15) is 0 Å². The molecule has 108 valence electrons. The number of pyridine rings is 1. The highest BCUT2D eigenvalue weighted by Gasteiger charge is 2.14. The van der Waals surface area contributed by atoms with E-state index in [1.165, 1.54) is 15.3 Å². The molecule has 0 spiro atoms. The summed E-state index contributed by atoms with van der Waals surface area (Å²) in [5.41, 5.74) is 8.46. The molecule has 2 N–H and O–H groups in total. The van der Waals surface area contributed by atoms with Crippen LogP contribution in [-0.4, -0.2) is 4.98 Å². The second kappa shape index (κ2) is 5.87. The normalized spacial score (nSPS) is 13.0. The first-order valence-corrected chi connectivity index (χ1v) is 8.57. The molecule has 0 saturated carbocycles. The zero-order valence-corrected chi connectivity index (χ0v) is 14.4. The molecule has 2 aromatic heterocycles. The Balaban J connectivity index is 2.09. The van der Waals surface area contributed by atoms with Crippen LogP contribution >= 0.6 is 27.3 Å². The number of nitrogens with two attached hydrogens (primary N) is 1. The van der Waals surface area contributed by atoms with Crippen molar-refractivity contribution in [1.29, 1.82) is 0 Å². The van der Waals surface area contributed by atoms with Crippen molar-refractivity contribution in [2.45, 2.75) is 19.9 Å². The second-order valence-electron chi connectivity index (χ2n) is 5.50. The lowest BCUT2D eigenvalue weighted by Gasteiger charge is -2.13. The van der Waals surface area contributed by atoms with Gasteiger partial charge in [-0.1, -0.05) is 32.0 Å². The highest BCUT2D eigenvalue weighted by Crippen LogP contribution is 2.36. The van der Waals surface area contributed by atoms with Crippen LogP contribution in [0.1, 0.15) is 24.8 Å². The maximum Gasteiger partial charge on any atom is 0.0789 e. The fraction of sp³-hybridized carbons (Fsp3) is 0.235. The van der Waals surface area contributed by atoms with Gasteiger partial charge in [-0.2, -0.15) is 0 Å². The summed E-state index contributed by atoms with van der Waals surface area (Å²) in [6.45, 7) is 4.31. The quantitative estimate of drug-likeness (QED) is 0.680. The van der Waals surface area contributed by atoms with Crippen LogP contribution in [0.2, 0.25) is 0 Å². The van der Waals surface area contributed by atoms with Crippen LogP contribution in [0.25, 0.3) is 21.3 Å². The van der Waals surface area contributed by atoms with Crippen LogP contribution in [0.5, 0.6) is 0 Å². The van der Waals surface area contributed by atoms with Crippen LogP contribution < -0.4 is 5.73 Å². The van der Waals surface area contributed by atoms with Crippen LogP contribution in [0.15, 0.2) is 47.1 Å². The molecule has 4 heteroatoms. The zero-order chi connectivity index (χ0) is 15.0. The van der Waals surface area contributed by atoms with Crippen molar-refractivity contribution in [2.24, 2.45) is 11.7 Å².